The van der Waals surface area contributed by atoms with Gasteiger partial charge in [0.1, 0.15) is 18.2 Å². The van der Waals surface area contributed by atoms with Crippen molar-refractivity contribution in [3.63, 3.8) is 0 Å². The van der Waals surface area contributed by atoms with Crippen molar-refractivity contribution in [2.24, 2.45) is 0 Å². The third-order valence-corrected chi connectivity index (χ3v) is 3.63. The smallest absolute Gasteiger partial charge is 0.158 e. The molecule has 1 aromatic rings. The van der Waals surface area contributed by atoms with Crippen LogP contribution in [0.2, 0.25) is 0 Å². The maximum absolute atomic E-state index is 9.49. The zero-order chi connectivity index (χ0) is 15.1. The summed E-state index contributed by atoms with van der Waals surface area (Å²) in [6, 6.07) is 2.14. The molecule has 1 aliphatic rings. The lowest BCUT2D eigenvalue weighted by molar-refractivity contribution is 0.128. The van der Waals surface area contributed by atoms with E-state index >= 15 is 0 Å². The number of aliphatic hydroxyl groups excluding tert-OH is 1. The molecule has 0 spiro atoms. The molecule has 1 unspecified atom stereocenters. The van der Waals surface area contributed by atoms with Crippen LogP contribution in [0.1, 0.15) is 38.9 Å². The van der Waals surface area contributed by atoms with Gasteiger partial charge in [0.2, 0.25) is 0 Å². The first-order chi connectivity index (χ1) is 10.3. The van der Waals surface area contributed by atoms with Crippen LogP contribution in [0.15, 0.2) is 6.07 Å². The molecule has 1 atom stereocenters. The minimum atomic E-state index is 0.166. The lowest BCUT2D eigenvalue weighted by atomic mass is 10.2. The van der Waals surface area contributed by atoms with Crippen LogP contribution >= 0.6 is 0 Å². The van der Waals surface area contributed by atoms with E-state index in [0.717, 1.165) is 44.0 Å². The van der Waals surface area contributed by atoms with Crippen LogP contribution in [-0.2, 0) is 11.3 Å². The molecular formula is C15H26N4O2. The Bertz CT molecular complexity index is 415. The van der Waals surface area contributed by atoms with E-state index in [0.29, 0.717) is 19.0 Å². The minimum absolute atomic E-state index is 0.166. The molecule has 0 aliphatic carbocycles. The van der Waals surface area contributed by atoms with Crippen molar-refractivity contribution in [1.82, 2.24) is 9.97 Å². The normalized spacial score (nSPS) is 18.2. The number of nitrogens with zero attached hydrogens (tertiary/aromatic N) is 3. The van der Waals surface area contributed by atoms with Gasteiger partial charge in [0.05, 0.1) is 12.6 Å². The zero-order valence-electron chi connectivity index (χ0n) is 13.0. The van der Waals surface area contributed by atoms with Gasteiger partial charge in [-0.25, -0.2) is 9.97 Å². The maximum Gasteiger partial charge on any atom is 0.158 e. The van der Waals surface area contributed by atoms with Crippen molar-refractivity contribution < 1.29 is 9.84 Å². The monoisotopic (exact) mass is 294 g/mol. The van der Waals surface area contributed by atoms with E-state index in [1.165, 1.54) is 0 Å². The van der Waals surface area contributed by atoms with E-state index in [4.69, 9.17) is 4.74 Å². The Balaban J connectivity index is 2.21. The molecule has 6 nitrogen and oxygen atoms in total. The van der Waals surface area contributed by atoms with Gasteiger partial charge in [-0.3, -0.25) is 0 Å². The van der Waals surface area contributed by atoms with E-state index in [2.05, 4.69) is 27.1 Å². The molecule has 1 fully saturated rings. The van der Waals surface area contributed by atoms with Gasteiger partial charge in [0.25, 0.3) is 0 Å². The molecule has 1 aliphatic heterocycles. The van der Waals surface area contributed by atoms with Crippen LogP contribution in [0.5, 0.6) is 0 Å². The van der Waals surface area contributed by atoms with Gasteiger partial charge in [0, 0.05) is 25.8 Å². The summed E-state index contributed by atoms with van der Waals surface area (Å²) in [4.78, 5) is 11.3. The Kier molecular flexibility index (Phi) is 6.20. The molecular weight excluding hydrogens is 268 g/mol. The summed E-state index contributed by atoms with van der Waals surface area (Å²) in [6.07, 6.45) is 3.15. The third-order valence-electron chi connectivity index (χ3n) is 3.63. The Morgan fingerprint density at radius 1 is 1.43 bits per heavy atom. The van der Waals surface area contributed by atoms with Gasteiger partial charge < -0.3 is 20.1 Å². The van der Waals surface area contributed by atoms with E-state index in [9.17, 15) is 5.11 Å². The largest absolute Gasteiger partial charge is 0.394 e. The first-order valence-electron chi connectivity index (χ1n) is 7.85. The molecule has 2 rings (SSSR count). The molecule has 1 aromatic heterocycles. The predicted molar refractivity (Wildman–Crippen MR) is 83.6 cm³/mol. The lowest BCUT2D eigenvalue weighted by Gasteiger charge is -2.25. The number of aromatic nitrogens is 2. The number of aliphatic hydroxyl groups is 1. The van der Waals surface area contributed by atoms with E-state index < -0.39 is 0 Å². The Hall–Kier alpha value is -1.40. The molecule has 1 saturated heterocycles. The van der Waals surface area contributed by atoms with Crippen LogP contribution in [-0.4, -0.2) is 47.4 Å². The van der Waals surface area contributed by atoms with E-state index in [1.807, 2.05) is 13.0 Å². The quantitative estimate of drug-likeness (QED) is 0.762. The molecule has 2 N–H and O–H groups in total. The summed E-state index contributed by atoms with van der Waals surface area (Å²) in [7, 11) is 0. The molecule has 21 heavy (non-hydrogen) atoms. The highest BCUT2D eigenvalue weighted by atomic mass is 16.5. The molecule has 2 heterocycles. The molecule has 0 aromatic carbocycles. The third kappa shape index (κ3) is 4.28. The van der Waals surface area contributed by atoms with Gasteiger partial charge >= 0.3 is 0 Å². The fourth-order valence-corrected chi connectivity index (χ4v) is 2.56. The number of rotatable bonds is 8. The summed E-state index contributed by atoms with van der Waals surface area (Å²) in [5, 5.41) is 12.8. The van der Waals surface area contributed by atoms with Crippen molar-refractivity contribution in [2.45, 2.75) is 45.8 Å². The van der Waals surface area contributed by atoms with Gasteiger partial charge in [-0.05, 0) is 26.2 Å². The predicted octanol–water partition coefficient (Wildman–Crippen LogP) is 1.80. The maximum atomic E-state index is 9.49. The fourth-order valence-electron chi connectivity index (χ4n) is 2.56. The molecule has 6 heteroatoms. The number of ether oxygens (including phenoxy) is 1. The number of hydrogen-bond donors (Lipinski definition) is 2. The Morgan fingerprint density at radius 3 is 3.00 bits per heavy atom. The van der Waals surface area contributed by atoms with Crippen LogP contribution in [0, 0.1) is 0 Å². The van der Waals surface area contributed by atoms with Crippen molar-refractivity contribution >= 4 is 11.6 Å². The molecule has 0 amide bonds. The second-order valence-electron chi connectivity index (χ2n) is 5.26. The molecule has 0 bridgehead atoms. The topological polar surface area (TPSA) is 70.5 Å². The fraction of sp³-hybridized carbons (Fsp3) is 0.733. The highest BCUT2D eigenvalue weighted by Crippen LogP contribution is 2.25. The molecule has 118 valence electrons. The van der Waals surface area contributed by atoms with Crippen LogP contribution in [0.4, 0.5) is 11.6 Å². The number of anilines is 2. The van der Waals surface area contributed by atoms with Crippen LogP contribution in [0.3, 0.4) is 0 Å². The summed E-state index contributed by atoms with van der Waals surface area (Å²) in [6.45, 7) is 7.14. The first-order valence-corrected chi connectivity index (χ1v) is 7.85. The SMILES string of the molecule is CCCNc1cc(N2CCCC2CO)nc(COCC)n1. The van der Waals surface area contributed by atoms with E-state index in [1.54, 1.807) is 0 Å². The Morgan fingerprint density at radius 2 is 2.29 bits per heavy atom. The zero-order valence-corrected chi connectivity index (χ0v) is 13.0. The van der Waals surface area contributed by atoms with Gasteiger partial charge in [0.15, 0.2) is 5.82 Å². The van der Waals surface area contributed by atoms with Crippen molar-refractivity contribution in [1.29, 1.82) is 0 Å². The second-order valence-corrected chi connectivity index (χ2v) is 5.26. The summed E-state index contributed by atoms with van der Waals surface area (Å²) >= 11 is 0. The van der Waals surface area contributed by atoms with Crippen molar-refractivity contribution in [3.05, 3.63) is 11.9 Å². The number of hydrogen-bond acceptors (Lipinski definition) is 6. The van der Waals surface area contributed by atoms with Crippen molar-refractivity contribution in [2.75, 3.05) is 36.5 Å². The van der Waals surface area contributed by atoms with Gasteiger partial charge in [-0.15, -0.1) is 0 Å². The Labute approximate surface area is 126 Å². The van der Waals surface area contributed by atoms with Crippen LogP contribution < -0.4 is 10.2 Å². The number of nitrogens with one attached hydrogen (secondary N) is 1. The van der Waals surface area contributed by atoms with Crippen molar-refractivity contribution in [3.8, 4) is 0 Å². The standard InChI is InChI=1S/C15H26N4O2/c1-3-7-16-13-9-15(18-14(17-13)11-21-4-2)19-8-5-6-12(19)10-20/h9,12,20H,3-8,10-11H2,1-2H3,(H,16,17,18). The first kappa shape index (κ1) is 16.0. The average Bonchev–Trinajstić information content (AvgIpc) is 2.99. The van der Waals surface area contributed by atoms with E-state index in [-0.39, 0.29) is 12.6 Å². The second kappa shape index (κ2) is 8.14. The summed E-state index contributed by atoms with van der Waals surface area (Å²) < 4.78 is 5.43. The molecule has 0 saturated carbocycles. The highest BCUT2D eigenvalue weighted by Gasteiger charge is 2.25. The van der Waals surface area contributed by atoms with Crippen LogP contribution in [0.25, 0.3) is 0 Å². The minimum Gasteiger partial charge on any atom is -0.394 e. The lowest BCUT2D eigenvalue weighted by Crippen LogP contribution is -2.33. The summed E-state index contributed by atoms with van der Waals surface area (Å²) in [5.41, 5.74) is 0. The highest BCUT2D eigenvalue weighted by molar-refractivity contribution is 5.50. The van der Waals surface area contributed by atoms with Gasteiger partial charge in [-0.1, -0.05) is 6.92 Å². The average molecular weight is 294 g/mol. The van der Waals surface area contributed by atoms with Gasteiger partial charge in [-0.2, -0.15) is 0 Å². The summed E-state index contributed by atoms with van der Waals surface area (Å²) in [5.74, 6) is 2.41. The molecule has 0 radical (unpaired) electrons.